The van der Waals surface area contributed by atoms with Crippen molar-refractivity contribution in [2.45, 2.75) is 0 Å². The lowest BCUT2D eigenvalue weighted by atomic mass is 9.97. The molecule has 0 bridgehead atoms. The predicted molar refractivity (Wildman–Crippen MR) is 117 cm³/mol. The number of rotatable bonds is 5. The third-order valence-corrected chi connectivity index (χ3v) is 4.56. The summed E-state index contributed by atoms with van der Waals surface area (Å²) in [6, 6.07) is 27.4. The van der Waals surface area contributed by atoms with E-state index in [1.807, 2.05) is 54.6 Å². The van der Waals surface area contributed by atoms with Crippen LogP contribution in [0.15, 0.2) is 96.0 Å². The first-order chi connectivity index (χ1) is 14.6. The maximum atomic E-state index is 10.9. The SMILES string of the molecule is O=[N+]([O-])c1ccc(O)c(/N=C/c2cccc(-c3ccccc3-c3ccccc3)n2)c1. The van der Waals surface area contributed by atoms with Gasteiger partial charge < -0.3 is 5.11 Å². The van der Waals surface area contributed by atoms with Crippen LogP contribution in [0.1, 0.15) is 5.69 Å². The Bertz CT molecular complexity index is 1240. The van der Waals surface area contributed by atoms with Crippen LogP contribution in [0.25, 0.3) is 22.4 Å². The largest absolute Gasteiger partial charge is 0.506 e. The smallest absolute Gasteiger partial charge is 0.271 e. The second kappa shape index (κ2) is 8.36. The molecule has 0 saturated heterocycles. The van der Waals surface area contributed by atoms with Crippen LogP contribution in [0.3, 0.4) is 0 Å². The van der Waals surface area contributed by atoms with Crippen LogP contribution in [-0.2, 0) is 0 Å². The highest BCUT2D eigenvalue weighted by molar-refractivity contribution is 5.85. The van der Waals surface area contributed by atoms with Crippen molar-refractivity contribution in [2.75, 3.05) is 0 Å². The van der Waals surface area contributed by atoms with Gasteiger partial charge in [0.25, 0.3) is 5.69 Å². The molecule has 4 aromatic rings. The molecular weight excluding hydrogens is 378 g/mol. The van der Waals surface area contributed by atoms with E-state index in [1.54, 1.807) is 6.07 Å². The van der Waals surface area contributed by atoms with Crippen LogP contribution < -0.4 is 0 Å². The number of nitrogens with zero attached hydrogens (tertiary/aromatic N) is 3. The molecule has 1 N–H and O–H groups in total. The van der Waals surface area contributed by atoms with Crippen LogP contribution in [-0.4, -0.2) is 21.2 Å². The number of aromatic nitrogens is 1. The fraction of sp³-hybridized carbons (Fsp3) is 0. The first kappa shape index (κ1) is 19.0. The van der Waals surface area contributed by atoms with E-state index in [2.05, 4.69) is 22.1 Å². The number of nitro benzene ring substituents is 1. The van der Waals surface area contributed by atoms with Gasteiger partial charge in [-0.3, -0.25) is 15.1 Å². The maximum Gasteiger partial charge on any atom is 0.271 e. The van der Waals surface area contributed by atoms with Gasteiger partial charge in [0.15, 0.2) is 0 Å². The van der Waals surface area contributed by atoms with Gasteiger partial charge in [-0.25, -0.2) is 4.98 Å². The fourth-order valence-corrected chi connectivity index (χ4v) is 3.11. The Kier molecular flexibility index (Phi) is 5.30. The summed E-state index contributed by atoms with van der Waals surface area (Å²) < 4.78 is 0. The highest BCUT2D eigenvalue weighted by Crippen LogP contribution is 2.32. The molecule has 0 spiro atoms. The van der Waals surface area contributed by atoms with Gasteiger partial charge in [0, 0.05) is 17.7 Å². The molecule has 0 saturated carbocycles. The number of aromatic hydroxyl groups is 1. The number of phenols is 1. The van der Waals surface area contributed by atoms with Crippen molar-refractivity contribution in [1.29, 1.82) is 0 Å². The van der Waals surface area contributed by atoms with Crippen molar-refractivity contribution in [2.24, 2.45) is 4.99 Å². The molecule has 3 aromatic carbocycles. The zero-order chi connectivity index (χ0) is 20.9. The summed E-state index contributed by atoms with van der Waals surface area (Å²) in [5, 5.41) is 20.9. The molecular formula is C24H17N3O3. The summed E-state index contributed by atoms with van der Waals surface area (Å²) in [5.74, 6) is -0.137. The van der Waals surface area contributed by atoms with E-state index in [0.29, 0.717) is 5.69 Å². The molecule has 6 heteroatoms. The number of benzene rings is 3. The molecule has 1 aromatic heterocycles. The fourth-order valence-electron chi connectivity index (χ4n) is 3.11. The summed E-state index contributed by atoms with van der Waals surface area (Å²) in [6.07, 6.45) is 1.48. The average Bonchev–Trinajstić information content (AvgIpc) is 2.79. The number of non-ortho nitro benzene ring substituents is 1. The normalized spacial score (nSPS) is 10.9. The zero-order valence-corrected chi connectivity index (χ0v) is 15.8. The van der Waals surface area contributed by atoms with Crippen LogP contribution in [0.5, 0.6) is 5.75 Å². The van der Waals surface area contributed by atoms with Crippen molar-refractivity contribution in [1.82, 2.24) is 4.98 Å². The second-order valence-electron chi connectivity index (χ2n) is 6.55. The van der Waals surface area contributed by atoms with Gasteiger partial charge in [0.05, 0.1) is 22.5 Å². The molecule has 6 nitrogen and oxygen atoms in total. The Hall–Kier alpha value is -4.32. The summed E-state index contributed by atoms with van der Waals surface area (Å²) in [7, 11) is 0. The molecule has 0 atom stereocenters. The minimum Gasteiger partial charge on any atom is -0.506 e. The standard InChI is InChI=1S/C24H17N3O3/c28-24-14-13-19(27(29)30)15-23(24)25-16-18-9-6-12-22(26-18)21-11-5-4-10-20(21)17-7-2-1-3-8-17/h1-16,28H/b25-16+. The molecule has 0 aliphatic heterocycles. The first-order valence-electron chi connectivity index (χ1n) is 9.25. The predicted octanol–water partition coefficient (Wildman–Crippen LogP) is 5.78. The van der Waals surface area contributed by atoms with Crippen molar-refractivity contribution in [3.63, 3.8) is 0 Å². The molecule has 0 unspecified atom stereocenters. The topological polar surface area (TPSA) is 88.6 Å². The summed E-state index contributed by atoms with van der Waals surface area (Å²) in [5.41, 5.74) is 4.46. The van der Waals surface area contributed by atoms with Crippen molar-refractivity contribution in [3.05, 3.63) is 107 Å². The Morgan fingerprint density at radius 2 is 1.60 bits per heavy atom. The van der Waals surface area contributed by atoms with E-state index in [-0.39, 0.29) is 17.1 Å². The van der Waals surface area contributed by atoms with Gasteiger partial charge in [-0.15, -0.1) is 0 Å². The Morgan fingerprint density at radius 1 is 0.867 bits per heavy atom. The molecule has 30 heavy (non-hydrogen) atoms. The third kappa shape index (κ3) is 4.07. The number of hydrogen-bond donors (Lipinski definition) is 1. The van der Waals surface area contributed by atoms with Gasteiger partial charge in [-0.2, -0.15) is 0 Å². The number of nitro groups is 1. The average molecular weight is 395 g/mol. The van der Waals surface area contributed by atoms with Gasteiger partial charge in [-0.1, -0.05) is 60.7 Å². The van der Waals surface area contributed by atoms with Crippen molar-refractivity contribution < 1.29 is 10.0 Å². The molecule has 146 valence electrons. The van der Waals surface area contributed by atoms with E-state index in [0.717, 1.165) is 22.4 Å². The number of pyridine rings is 1. The van der Waals surface area contributed by atoms with E-state index in [4.69, 9.17) is 0 Å². The Morgan fingerprint density at radius 3 is 2.37 bits per heavy atom. The first-order valence-corrected chi connectivity index (χ1v) is 9.25. The van der Waals surface area contributed by atoms with Crippen LogP contribution in [0.2, 0.25) is 0 Å². The third-order valence-electron chi connectivity index (χ3n) is 4.56. The monoisotopic (exact) mass is 395 g/mol. The van der Waals surface area contributed by atoms with Gasteiger partial charge in [0.1, 0.15) is 11.4 Å². The van der Waals surface area contributed by atoms with E-state index < -0.39 is 4.92 Å². The van der Waals surface area contributed by atoms with Crippen LogP contribution >= 0.6 is 0 Å². The van der Waals surface area contributed by atoms with E-state index >= 15 is 0 Å². The summed E-state index contributed by atoms with van der Waals surface area (Å²) in [4.78, 5) is 19.3. The van der Waals surface area contributed by atoms with Gasteiger partial charge in [-0.05, 0) is 29.3 Å². The highest BCUT2D eigenvalue weighted by Gasteiger charge is 2.10. The molecule has 0 aliphatic rings. The lowest BCUT2D eigenvalue weighted by Gasteiger charge is -2.10. The number of phenolic OH excluding ortho intramolecular Hbond substituents is 1. The number of hydrogen-bond acceptors (Lipinski definition) is 5. The lowest BCUT2D eigenvalue weighted by molar-refractivity contribution is -0.384. The van der Waals surface area contributed by atoms with Crippen molar-refractivity contribution >= 4 is 17.6 Å². The summed E-state index contributed by atoms with van der Waals surface area (Å²) >= 11 is 0. The Labute approximate surface area is 173 Å². The molecule has 0 fully saturated rings. The van der Waals surface area contributed by atoms with E-state index in [1.165, 1.54) is 24.4 Å². The Balaban J connectivity index is 1.69. The lowest BCUT2D eigenvalue weighted by Crippen LogP contribution is -1.92. The zero-order valence-electron chi connectivity index (χ0n) is 15.8. The van der Waals surface area contributed by atoms with Crippen molar-refractivity contribution in [3.8, 4) is 28.1 Å². The van der Waals surface area contributed by atoms with Gasteiger partial charge >= 0.3 is 0 Å². The second-order valence-corrected chi connectivity index (χ2v) is 6.55. The van der Waals surface area contributed by atoms with E-state index in [9.17, 15) is 15.2 Å². The van der Waals surface area contributed by atoms with Gasteiger partial charge in [0.2, 0.25) is 0 Å². The summed E-state index contributed by atoms with van der Waals surface area (Å²) in [6.45, 7) is 0. The van der Waals surface area contributed by atoms with Crippen LogP contribution in [0.4, 0.5) is 11.4 Å². The molecule has 0 aliphatic carbocycles. The minimum atomic E-state index is -0.530. The quantitative estimate of drug-likeness (QED) is 0.263. The highest BCUT2D eigenvalue weighted by atomic mass is 16.6. The molecule has 0 amide bonds. The maximum absolute atomic E-state index is 10.9. The molecule has 4 rings (SSSR count). The molecule has 1 heterocycles. The number of aliphatic imine (C=N–C) groups is 1. The van der Waals surface area contributed by atoms with Crippen LogP contribution in [0, 0.1) is 10.1 Å². The molecule has 0 radical (unpaired) electrons. The minimum absolute atomic E-state index is 0.112.